The fourth-order valence-corrected chi connectivity index (χ4v) is 11.6. The molecule has 0 radical (unpaired) electrons. The molecule has 368 valence electrons. The van der Waals surface area contributed by atoms with Crippen LogP contribution in [0.25, 0.3) is 22.2 Å². The van der Waals surface area contributed by atoms with Gasteiger partial charge >= 0.3 is 6.03 Å². The number of amides is 5. The van der Waals surface area contributed by atoms with Crippen molar-refractivity contribution in [3.05, 3.63) is 100 Å². The highest BCUT2D eigenvalue weighted by Crippen LogP contribution is 2.56. The smallest absolute Gasteiger partial charge is 0.328 e. The first kappa shape index (κ1) is 47.4. The minimum absolute atomic E-state index is 0.00321. The molecule has 1 aliphatic carbocycles. The van der Waals surface area contributed by atoms with Gasteiger partial charge in [0, 0.05) is 112 Å². The number of hydrogen-bond donors (Lipinski definition) is 3. The van der Waals surface area contributed by atoms with E-state index in [-0.39, 0.29) is 63.4 Å². The number of urea groups is 1. The quantitative estimate of drug-likeness (QED) is 0.112. The van der Waals surface area contributed by atoms with Crippen molar-refractivity contribution in [3.63, 3.8) is 0 Å². The number of oxazole rings is 1. The number of halogens is 3. The van der Waals surface area contributed by atoms with Crippen LogP contribution in [-0.4, -0.2) is 111 Å². The van der Waals surface area contributed by atoms with Crippen molar-refractivity contribution in [1.82, 2.24) is 25.4 Å². The zero-order valence-electron chi connectivity index (χ0n) is 39.3. The first-order valence-electron chi connectivity index (χ1n) is 24.3. The fourth-order valence-electron chi connectivity index (χ4n) is 11.3. The second kappa shape index (κ2) is 19.5. The van der Waals surface area contributed by atoms with Crippen molar-refractivity contribution < 1.29 is 41.8 Å². The molecule has 15 nitrogen and oxygen atoms in total. The van der Waals surface area contributed by atoms with Gasteiger partial charge in [-0.15, -0.1) is 0 Å². The Balaban J connectivity index is 0.724. The molecule has 0 unspecified atom stereocenters. The van der Waals surface area contributed by atoms with Gasteiger partial charge in [-0.2, -0.15) is 4.98 Å². The maximum absolute atomic E-state index is 16.2. The highest BCUT2D eigenvalue weighted by molar-refractivity contribution is 6.34. The van der Waals surface area contributed by atoms with Gasteiger partial charge in [0.15, 0.2) is 22.8 Å². The number of imide groups is 1. The summed E-state index contributed by atoms with van der Waals surface area (Å²) in [6, 6.07) is 19.1. The van der Waals surface area contributed by atoms with Crippen molar-refractivity contribution in [2.45, 2.75) is 69.4 Å². The van der Waals surface area contributed by atoms with Crippen molar-refractivity contribution >= 4 is 58.2 Å². The first-order valence-corrected chi connectivity index (χ1v) is 24.6. The number of ether oxygens (including phenoxy) is 2. The van der Waals surface area contributed by atoms with Gasteiger partial charge in [0.1, 0.15) is 17.1 Å². The number of nitrogens with two attached hydrogens (primary N) is 1. The molecule has 5 heterocycles. The third kappa shape index (κ3) is 8.91. The molecule has 5 aromatic rings. The summed E-state index contributed by atoms with van der Waals surface area (Å²) in [6.45, 7) is 8.38. The molecular weight excluding hydrogens is 922 g/mol. The normalized spacial score (nSPS) is 23.3. The number of likely N-dealkylation sites (tertiary alicyclic amines) is 1. The summed E-state index contributed by atoms with van der Waals surface area (Å²) in [5.74, 6) is -2.67. The number of primary amides is 1. The summed E-state index contributed by atoms with van der Waals surface area (Å²) >= 11 is 6.70. The Morgan fingerprint density at radius 1 is 0.929 bits per heavy atom. The molecule has 10 rings (SSSR count). The Kier molecular flexibility index (Phi) is 13.2. The molecule has 4 fully saturated rings. The van der Waals surface area contributed by atoms with Gasteiger partial charge in [0.05, 0.1) is 17.7 Å². The Morgan fingerprint density at radius 2 is 1.67 bits per heavy atom. The maximum Gasteiger partial charge on any atom is 0.328 e. The second-order valence-electron chi connectivity index (χ2n) is 19.3. The number of hydrogen-bond acceptors (Lipinski definition) is 11. The lowest BCUT2D eigenvalue weighted by atomic mass is 9.77. The predicted molar refractivity (Wildman–Crippen MR) is 260 cm³/mol. The SMILES string of the molecule is COc1ccc(C(N)=O)c(-c2c(Cl)c(F)cc3c2[C@H](C)[C@@](CNC2CCC(C(=O)N4CCC(CN5CCN(c6nc7cc(N8CCC(=O)NC8=O)ccc7o6)CC5)CC4)CC2)(c2ccccc2)O3)c1F. The third-order valence-corrected chi connectivity index (χ3v) is 15.7. The molecule has 18 heteroatoms. The standard InChI is InChI=1S/C52H57ClF2N8O7/c1-30-43-41(27-37(54)46(53)45(43)44-36(48(56)65)13-15-40(68-2)47(44)55)70-52(30,33-6-4-3-5-7-33)29-57-34-10-8-32(9-11-34)49(66)61-19-16-31(17-20-61)28-60-22-24-62(25-23-60)51-58-38-26-35(12-14-39(38)69-51)63-21-18-42(64)59-50(63)67/h3-7,12-15,26-27,30-32,34,57H,8-11,16-25,28-29H2,1-2H3,(H2,56,65)(H,59,64,67)/t30-,32?,34?,52-/m0/s1. The minimum atomic E-state index is -1.07. The van der Waals surface area contributed by atoms with E-state index in [9.17, 15) is 19.2 Å². The van der Waals surface area contributed by atoms with Gasteiger partial charge in [-0.1, -0.05) is 48.9 Å². The van der Waals surface area contributed by atoms with Crippen LogP contribution in [0.2, 0.25) is 5.02 Å². The van der Waals surface area contributed by atoms with Gasteiger partial charge in [-0.3, -0.25) is 29.5 Å². The van der Waals surface area contributed by atoms with E-state index >= 15 is 8.78 Å². The number of rotatable bonds is 12. The summed E-state index contributed by atoms with van der Waals surface area (Å²) in [5, 5.41) is 5.76. The van der Waals surface area contributed by atoms with Crippen LogP contribution in [0, 0.1) is 23.5 Å². The Labute approximate surface area is 409 Å². The maximum atomic E-state index is 16.2. The molecule has 4 N–H and O–H groups in total. The Bertz CT molecular complexity index is 2830. The van der Waals surface area contributed by atoms with Crippen LogP contribution in [-0.2, 0) is 15.2 Å². The number of piperazine rings is 1. The molecule has 5 amide bonds. The molecule has 3 saturated heterocycles. The summed E-state index contributed by atoms with van der Waals surface area (Å²) < 4.78 is 50.2. The molecule has 1 saturated carbocycles. The lowest BCUT2D eigenvalue weighted by molar-refractivity contribution is -0.138. The Morgan fingerprint density at radius 3 is 2.37 bits per heavy atom. The van der Waals surface area contributed by atoms with E-state index < -0.39 is 35.1 Å². The lowest BCUT2D eigenvalue weighted by Crippen LogP contribution is -2.50. The fraction of sp³-hybridized carbons (Fsp3) is 0.442. The molecule has 4 aromatic carbocycles. The molecule has 70 heavy (non-hydrogen) atoms. The third-order valence-electron chi connectivity index (χ3n) is 15.3. The number of nitrogens with one attached hydrogen (secondary N) is 2. The molecule has 4 aliphatic heterocycles. The highest BCUT2D eigenvalue weighted by atomic mass is 35.5. The van der Waals surface area contributed by atoms with E-state index in [1.54, 1.807) is 0 Å². The van der Waals surface area contributed by atoms with E-state index in [1.165, 1.54) is 30.2 Å². The summed E-state index contributed by atoms with van der Waals surface area (Å²) in [4.78, 5) is 63.6. The highest BCUT2D eigenvalue weighted by Gasteiger charge is 2.50. The summed E-state index contributed by atoms with van der Waals surface area (Å²) in [5.41, 5.74) is 7.51. The van der Waals surface area contributed by atoms with Crippen LogP contribution in [0.1, 0.15) is 79.3 Å². The van der Waals surface area contributed by atoms with Crippen molar-refractivity contribution in [2.24, 2.45) is 17.6 Å². The number of anilines is 2. The Hall–Kier alpha value is -6.30. The monoisotopic (exact) mass is 978 g/mol. The predicted octanol–water partition coefficient (Wildman–Crippen LogP) is 7.58. The summed E-state index contributed by atoms with van der Waals surface area (Å²) in [7, 11) is 1.30. The number of benzene rings is 4. The van der Waals surface area contributed by atoms with Gasteiger partial charge < -0.3 is 34.7 Å². The van der Waals surface area contributed by atoms with Crippen LogP contribution in [0.4, 0.5) is 25.3 Å². The van der Waals surface area contributed by atoms with Gasteiger partial charge in [-0.25, -0.2) is 13.6 Å². The van der Waals surface area contributed by atoms with Crippen LogP contribution in [0.5, 0.6) is 11.5 Å². The van der Waals surface area contributed by atoms with Crippen LogP contribution in [0.15, 0.2) is 71.1 Å². The van der Waals surface area contributed by atoms with Gasteiger partial charge in [-0.05, 0) is 80.3 Å². The van der Waals surface area contributed by atoms with Crippen molar-refractivity contribution in [1.29, 1.82) is 0 Å². The first-order chi connectivity index (χ1) is 33.8. The number of aromatic nitrogens is 1. The van der Waals surface area contributed by atoms with Crippen molar-refractivity contribution in [2.75, 3.05) is 75.8 Å². The summed E-state index contributed by atoms with van der Waals surface area (Å²) in [6.07, 6.45) is 5.27. The second-order valence-corrected chi connectivity index (χ2v) is 19.7. The molecular formula is C52H57ClF2N8O7. The number of fused-ring (bicyclic) bond motifs is 2. The zero-order valence-corrected chi connectivity index (χ0v) is 40.0. The number of carbonyl (C=O) groups excluding carboxylic acids is 4. The van der Waals surface area contributed by atoms with Gasteiger partial charge in [0.2, 0.25) is 17.7 Å². The molecule has 5 aliphatic rings. The molecule has 2 atom stereocenters. The van der Waals surface area contributed by atoms with E-state index in [0.717, 1.165) is 89.9 Å². The molecule has 0 spiro atoms. The number of carbonyl (C=O) groups is 4. The van der Waals surface area contributed by atoms with E-state index in [4.69, 9.17) is 36.2 Å². The van der Waals surface area contributed by atoms with Crippen LogP contribution < -0.4 is 35.6 Å². The lowest BCUT2D eigenvalue weighted by Gasteiger charge is -2.40. The van der Waals surface area contributed by atoms with E-state index in [0.29, 0.717) is 47.4 Å². The largest absolute Gasteiger partial charge is 0.494 e. The van der Waals surface area contributed by atoms with Crippen LogP contribution in [0.3, 0.4) is 0 Å². The van der Waals surface area contributed by atoms with Gasteiger partial charge in [0.25, 0.3) is 6.01 Å². The number of nitrogens with zero attached hydrogens (tertiary/aromatic N) is 5. The van der Waals surface area contributed by atoms with Crippen molar-refractivity contribution in [3.8, 4) is 22.6 Å². The number of methoxy groups -OCH3 is 1. The van der Waals surface area contributed by atoms with Crippen LogP contribution >= 0.6 is 11.6 Å². The average Bonchev–Trinajstić information content (AvgIpc) is 3.92. The van der Waals surface area contributed by atoms with E-state index in [1.807, 2.05) is 55.5 Å². The zero-order chi connectivity index (χ0) is 48.8. The molecule has 0 bridgehead atoms. The average molecular weight is 980 g/mol. The topological polar surface area (TPSA) is 176 Å². The minimum Gasteiger partial charge on any atom is -0.494 e. The van der Waals surface area contributed by atoms with E-state index in [2.05, 4.69) is 25.3 Å². The number of piperidine rings is 1. The molecule has 1 aromatic heterocycles.